The van der Waals surface area contributed by atoms with Crippen LogP contribution in [0.1, 0.15) is 47.5 Å². The van der Waals surface area contributed by atoms with Gasteiger partial charge in [-0.2, -0.15) is 0 Å². The van der Waals surface area contributed by atoms with E-state index in [2.05, 4.69) is 0 Å². The Kier molecular flexibility index (Phi) is 6.11. The first-order chi connectivity index (χ1) is 10.2. The molecular formula is C15H20O4S2. The number of thiophene rings is 1. The summed E-state index contributed by atoms with van der Waals surface area (Å²) in [5.74, 6) is -0.148. The van der Waals surface area contributed by atoms with Crippen LogP contribution in [0.25, 0.3) is 0 Å². The lowest BCUT2D eigenvalue weighted by molar-refractivity contribution is -0.139. The topological polar surface area (TPSA) is 52.6 Å². The Balaban J connectivity index is 2.17. The van der Waals surface area contributed by atoms with E-state index >= 15 is 0 Å². The molecule has 0 spiro atoms. The molecule has 1 heterocycles. The summed E-state index contributed by atoms with van der Waals surface area (Å²) < 4.78 is 11.2. The Bertz CT molecular complexity index is 522. The molecule has 0 aliphatic heterocycles. The first-order valence-corrected chi connectivity index (χ1v) is 9.07. The van der Waals surface area contributed by atoms with Gasteiger partial charge in [-0.25, -0.2) is 4.79 Å². The van der Waals surface area contributed by atoms with Crippen molar-refractivity contribution in [2.24, 2.45) is 0 Å². The predicted molar refractivity (Wildman–Crippen MR) is 84.3 cm³/mol. The largest absolute Gasteiger partial charge is 0.465 e. The van der Waals surface area contributed by atoms with Crippen LogP contribution in [0.2, 0.25) is 0 Å². The monoisotopic (exact) mass is 328 g/mol. The standard InChI is InChI=1S/C15H20O4S2/c1-3-18-12(16)9-20-15-11-8-6-5-7-10(11)13(21-15)14(17)19-4-2/h3-9H2,1-2H3. The Labute approximate surface area is 133 Å². The average Bonchev–Trinajstić information content (AvgIpc) is 2.85. The van der Waals surface area contributed by atoms with E-state index in [1.165, 1.54) is 28.7 Å². The van der Waals surface area contributed by atoms with Gasteiger partial charge in [0.05, 0.1) is 23.2 Å². The van der Waals surface area contributed by atoms with Crippen LogP contribution in [0, 0.1) is 0 Å². The maximum atomic E-state index is 12.1. The zero-order chi connectivity index (χ0) is 15.2. The van der Waals surface area contributed by atoms with Crippen LogP contribution in [0.5, 0.6) is 0 Å². The van der Waals surface area contributed by atoms with Gasteiger partial charge in [0.2, 0.25) is 0 Å². The smallest absolute Gasteiger partial charge is 0.348 e. The number of carbonyl (C=O) groups excluding carboxylic acids is 2. The zero-order valence-corrected chi connectivity index (χ0v) is 14.0. The first kappa shape index (κ1) is 16.4. The second-order valence-corrected chi connectivity index (χ2v) is 6.96. The van der Waals surface area contributed by atoms with Gasteiger partial charge in [-0.15, -0.1) is 23.1 Å². The highest BCUT2D eigenvalue weighted by atomic mass is 32.2. The predicted octanol–water partition coefficient (Wildman–Crippen LogP) is 3.46. The van der Waals surface area contributed by atoms with Crippen LogP contribution in [0.15, 0.2) is 4.21 Å². The first-order valence-electron chi connectivity index (χ1n) is 7.27. The highest BCUT2D eigenvalue weighted by Crippen LogP contribution is 2.40. The third-order valence-electron chi connectivity index (χ3n) is 3.27. The van der Waals surface area contributed by atoms with Gasteiger partial charge >= 0.3 is 11.9 Å². The van der Waals surface area contributed by atoms with Crippen molar-refractivity contribution in [2.45, 2.75) is 43.7 Å². The van der Waals surface area contributed by atoms with E-state index in [1.807, 2.05) is 6.92 Å². The van der Waals surface area contributed by atoms with Gasteiger partial charge < -0.3 is 9.47 Å². The Morgan fingerprint density at radius 2 is 1.76 bits per heavy atom. The maximum Gasteiger partial charge on any atom is 0.348 e. The third-order valence-corrected chi connectivity index (χ3v) is 5.81. The molecule has 0 unspecified atom stereocenters. The van der Waals surface area contributed by atoms with E-state index in [1.54, 1.807) is 6.92 Å². The SMILES string of the molecule is CCOC(=O)CSc1sc(C(=O)OCC)c2c1CCCC2. The normalized spacial score (nSPS) is 13.6. The van der Waals surface area contributed by atoms with Crippen molar-refractivity contribution in [1.82, 2.24) is 0 Å². The molecule has 21 heavy (non-hydrogen) atoms. The fraction of sp³-hybridized carbons (Fsp3) is 0.600. The van der Waals surface area contributed by atoms with E-state index in [9.17, 15) is 9.59 Å². The fourth-order valence-corrected chi connectivity index (χ4v) is 4.82. The number of thioether (sulfide) groups is 1. The molecule has 0 saturated heterocycles. The molecule has 0 aromatic carbocycles. The van der Waals surface area contributed by atoms with E-state index in [-0.39, 0.29) is 11.9 Å². The lowest BCUT2D eigenvalue weighted by atomic mass is 9.94. The minimum atomic E-state index is -0.233. The Morgan fingerprint density at radius 3 is 2.43 bits per heavy atom. The second-order valence-electron chi connectivity index (χ2n) is 4.70. The van der Waals surface area contributed by atoms with Crippen molar-refractivity contribution in [2.75, 3.05) is 19.0 Å². The maximum absolute atomic E-state index is 12.1. The number of hydrogen-bond acceptors (Lipinski definition) is 6. The molecule has 6 heteroatoms. The van der Waals surface area contributed by atoms with E-state index < -0.39 is 0 Å². The van der Waals surface area contributed by atoms with Crippen molar-refractivity contribution >= 4 is 35.0 Å². The van der Waals surface area contributed by atoms with Crippen molar-refractivity contribution in [3.8, 4) is 0 Å². The zero-order valence-electron chi connectivity index (χ0n) is 12.4. The molecule has 0 N–H and O–H groups in total. The van der Waals surface area contributed by atoms with Crippen LogP contribution >= 0.6 is 23.1 Å². The van der Waals surface area contributed by atoms with Crippen LogP contribution in [-0.4, -0.2) is 30.9 Å². The van der Waals surface area contributed by atoms with Gasteiger partial charge in [0.1, 0.15) is 4.88 Å². The van der Waals surface area contributed by atoms with Crippen LogP contribution in [0.3, 0.4) is 0 Å². The van der Waals surface area contributed by atoms with E-state index in [0.29, 0.717) is 19.0 Å². The van der Waals surface area contributed by atoms with Crippen molar-refractivity contribution < 1.29 is 19.1 Å². The average molecular weight is 328 g/mol. The summed E-state index contributed by atoms with van der Waals surface area (Å²) in [5.41, 5.74) is 2.37. The number of ether oxygens (including phenoxy) is 2. The summed E-state index contributed by atoms with van der Waals surface area (Å²) in [6.07, 6.45) is 4.16. The molecule has 0 radical (unpaired) electrons. The van der Waals surface area contributed by atoms with E-state index in [0.717, 1.165) is 40.3 Å². The molecule has 116 valence electrons. The minimum absolute atomic E-state index is 0.210. The molecule has 0 saturated carbocycles. The van der Waals surface area contributed by atoms with Gasteiger partial charge in [0.15, 0.2) is 0 Å². The number of fused-ring (bicyclic) bond motifs is 1. The quantitative estimate of drug-likeness (QED) is 0.591. The molecule has 1 aliphatic rings. The fourth-order valence-electron chi connectivity index (χ4n) is 2.40. The number of esters is 2. The molecule has 0 atom stereocenters. The lowest BCUT2D eigenvalue weighted by Gasteiger charge is -2.13. The summed E-state index contributed by atoms with van der Waals surface area (Å²) in [4.78, 5) is 24.3. The van der Waals surface area contributed by atoms with Crippen molar-refractivity contribution in [3.63, 3.8) is 0 Å². The van der Waals surface area contributed by atoms with Crippen LogP contribution in [0.4, 0.5) is 0 Å². The Hall–Kier alpha value is -1.01. The molecule has 0 amide bonds. The molecule has 1 aliphatic carbocycles. The molecule has 1 aromatic rings. The number of rotatable bonds is 6. The number of carbonyl (C=O) groups is 2. The van der Waals surface area contributed by atoms with Gasteiger partial charge in [-0.1, -0.05) is 0 Å². The molecule has 0 fully saturated rings. The highest BCUT2D eigenvalue weighted by molar-refractivity contribution is 8.01. The minimum Gasteiger partial charge on any atom is -0.465 e. The summed E-state index contributed by atoms with van der Waals surface area (Å²) in [5, 5.41) is 0. The summed E-state index contributed by atoms with van der Waals surface area (Å²) in [6.45, 7) is 4.40. The highest BCUT2D eigenvalue weighted by Gasteiger charge is 2.26. The molecule has 2 rings (SSSR count). The van der Waals surface area contributed by atoms with Gasteiger partial charge in [-0.3, -0.25) is 4.79 Å². The number of hydrogen-bond donors (Lipinski definition) is 0. The van der Waals surface area contributed by atoms with E-state index in [4.69, 9.17) is 9.47 Å². The molecular weight excluding hydrogens is 308 g/mol. The lowest BCUT2D eigenvalue weighted by Crippen LogP contribution is -2.09. The summed E-state index contributed by atoms with van der Waals surface area (Å²) in [6, 6.07) is 0. The molecule has 0 bridgehead atoms. The van der Waals surface area contributed by atoms with Crippen molar-refractivity contribution in [1.29, 1.82) is 0 Å². The second kappa shape index (κ2) is 7.84. The summed E-state index contributed by atoms with van der Waals surface area (Å²) in [7, 11) is 0. The Morgan fingerprint density at radius 1 is 1.10 bits per heavy atom. The summed E-state index contributed by atoms with van der Waals surface area (Å²) >= 11 is 2.94. The van der Waals surface area contributed by atoms with Gasteiger partial charge in [-0.05, 0) is 50.7 Å². The third kappa shape index (κ3) is 4.01. The van der Waals surface area contributed by atoms with Gasteiger partial charge in [0, 0.05) is 0 Å². The van der Waals surface area contributed by atoms with Gasteiger partial charge in [0.25, 0.3) is 0 Å². The molecule has 1 aromatic heterocycles. The van der Waals surface area contributed by atoms with Crippen molar-refractivity contribution in [3.05, 3.63) is 16.0 Å². The molecule has 4 nitrogen and oxygen atoms in total. The van der Waals surface area contributed by atoms with Crippen LogP contribution < -0.4 is 0 Å². The van der Waals surface area contributed by atoms with Crippen LogP contribution in [-0.2, 0) is 27.1 Å².